The molecule has 2 unspecified atom stereocenters. The molecule has 0 saturated carbocycles. The summed E-state index contributed by atoms with van der Waals surface area (Å²) >= 11 is 0. The number of nitrogens with zero attached hydrogens (tertiary/aromatic N) is 1. The van der Waals surface area contributed by atoms with Gasteiger partial charge >= 0.3 is 0 Å². The van der Waals surface area contributed by atoms with Crippen LogP contribution in [0.3, 0.4) is 0 Å². The summed E-state index contributed by atoms with van der Waals surface area (Å²) in [6.45, 7) is 12.3. The first-order valence-corrected chi connectivity index (χ1v) is 6.09. The fourth-order valence-corrected chi connectivity index (χ4v) is 3.12. The van der Waals surface area contributed by atoms with E-state index in [4.69, 9.17) is 0 Å². The number of rotatable bonds is 3. The van der Waals surface area contributed by atoms with Crippen molar-refractivity contribution < 1.29 is 0 Å². The third-order valence-electron chi connectivity index (χ3n) is 4.11. The van der Waals surface area contributed by atoms with Gasteiger partial charge in [-0.25, -0.2) is 0 Å². The second kappa shape index (κ2) is 3.82. The zero-order valence-corrected chi connectivity index (χ0v) is 9.84. The van der Waals surface area contributed by atoms with Crippen LogP contribution in [0.4, 0.5) is 0 Å². The molecule has 2 aliphatic rings. The van der Waals surface area contributed by atoms with Gasteiger partial charge in [0.15, 0.2) is 0 Å². The summed E-state index contributed by atoms with van der Waals surface area (Å²) in [5, 5.41) is 3.50. The molecule has 0 aliphatic carbocycles. The lowest BCUT2D eigenvalue weighted by Crippen LogP contribution is -2.43. The number of likely N-dealkylation sites (tertiary alicyclic amines) is 1. The summed E-state index contributed by atoms with van der Waals surface area (Å²) < 4.78 is 0. The average Bonchev–Trinajstić information content (AvgIpc) is 2.60. The highest BCUT2D eigenvalue weighted by Crippen LogP contribution is 2.33. The van der Waals surface area contributed by atoms with Gasteiger partial charge in [-0.05, 0) is 45.2 Å². The summed E-state index contributed by atoms with van der Waals surface area (Å²) in [6.07, 6.45) is 2.64. The van der Waals surface area contributed by atoms with E-state index < -0.39 is 0 Å². The van der Waals surface area contributed by atoms with Crippen molar-refractivity contribution in [2.24, 2.45) is 11.8 Å². The summed E-state index contributed by atoms with van der Waals surface area (Å²) in [5.41, 5.74) is 0.430. The maximum Gasteiger partial charge on any atom is 0.0153 e. The van der Waals surface area contributed by atoms with Crippen molar-refractivity contribution in [3.8, 4) is 0 Å². The van der Waals surface area contributed by atoms with Gasteiger partial charge in [0.25, 0.3) is 0 Å². The normalized spacial score (nSPS) is 33.6. The van der Waals surface area contributed by atoms with Crippen LogP contribution in [0.25, 0.3) is 0 Å². The van der Waals surface area contributed by atoms with Gasteiger partial charge in [-0.3, -0.25) is 4.90 Å². The molecule has 2 nitrogen and oxygen atoms in total. The molecule has 2 aliphatic heterocycles. The van der Waals surface area contributed by atoms with Crippen molar-refractivity contribution in [2.75, 3.05) is 26.2 Å². The second-order valence-corrected chi connectivity index (χ2v) is 5.65. The Balaban J connectivity index is 1.94. The van der Waals surface area contributed by atoms with Crippen LogP contribution in [0, 0.1) is 11.8 Å². The molecule has 2 atom stereocenters. The van der Waals surface area contributed by atoms with Gasteiger partial charge in [0.1, 0.15) is 0 Å². The third kappa shape index (κ3) is 1.82. The van der Waals surface area contributed by atoms with Crippen LogP contribution < -0.4 is 5.32 Å². The quantitative estimate of drug-likeness (QED) is 0.739. The molecule has 0 aromatic rings. The van der Waals surface area contributed by atoms with Gasteiger partial charge in [-0.2, -0.15) is 0 Å². The maximum absolute atomic E-state index is 3.50. The summed E-state index contributed by atoms with van der Waals surface area (Å²) in [6, 6.07) is 0. The number of hydrogen-bond donors (Lipinski definition) is 1. The van der Waals surface area contributed by atoms with Crippen molar-refractivity contribution in [1.82, 2.24) is 10.2 Å². The molecule has 82 valence electrons. The molecular formula is C12H24N2. The molecule has 0 aromatic carbocycles. The van der Waals surface area contributed by atoms with Crippen LogP contribution in [-0.4, -0.2) is 36.6 Å². The molecule has 2 fully saturated rings. The lowest BCUT2D eigenvalue weighted by atomic mass is 9.97. The van der Waals surface area contributed by atoms with E-state index >= 15 is 0 Å². The number of nitrogens with one attached hydrogen (secondary N) is 1. The Bertz CT molecular complexity index is 188. The summed E-state index contributed by atoms with van der Waals surface area (Å²) in [7, 11) is 0. The topological polar surface area (TPSA) is 15.3 Å². The second-order valence-electron chi connectivity index (χ2n) is 5.65. The molecule has 0 radical (unpaired) electrons. The molecule has 0 amide bonds. The summed E-state index contributed by atoms with van der Waals surface area (Å²) in [5.74, 6) is 1.87. The largest absolute Gasteiger partial charge is 0.316 e. The zero-order chi connectivity index (χ0) is 10.2. The van der Waals surface area contributed by atoms with E-state index in [9.17, 15) is 0 Å². The first-order chi connectivity index (χ1) is 6.63. The molecule has 2 rings (SSSR count). The molecule has 0 bridgehead atoms. The average molecular weight is 196 g/mol. The smallest absolute Gasteiger partial charge is 0.0153 e. The SMILES string of the molecule is CCCC(C)(C)N1CC2CNCC2C1. The van der Waals surface area contributed by atoms with Crippen LogP contribution in [-0.2, 0) is 0 Å². The maximum atomic E-state index is 3.50. The minimum atomic E-state index is 0.430. The molecule has 0 aromatic heterocycles. The molecule has 2 heterocycles. The molecular weight excluding hydrogens is 172 g/mol. The Hall–Kier alpha value is -0.0800. The monoisotopic (exact) mass is 196 g/mol. The van der Waals surface area contributed by atoms with Crippen LogP contribution in [0.1, 0.15) is 33.6 Å². The van der Waals surface area contributed by atoms with Gasteiger partial charge in [-0.15, -0.1) is 0 Å². The van der Waals surface area contributed by atoms with Gasteiger partial charge in [0.05, 0.1) is 0 Å². The molecule has 14 heavy (non-hydrogen) atoms. The standard InChI is InChI=1S/C12H24N2/c1-4-5-12(2,3)14-8-10-6-13-7-11(10)9-14/h10-11,13H,4-9H2,1-3H3. The van der Waals surface area contributed by atoms with Gasteiger partial charge in [-0.1, -0.05) is 13.3 Å². The van der Waals surface area contributed by atoms with Gasteiger partial charge in [0, 0.05) is 18.6 Å². The van der Waals surface area contributed by atoms with Gasteiger partial charge in [0.2, 0.25) is 0 Å². The van der Waals surface area contributed by atoms with Crippen molar-refractivity contribution in [1.29, 1.82) is 0 Å². The van der Waals surface area contributed by atoms with E-state index in [1.165, 1.54) is 39.0 Å². The van der Waals surface area contributed by atoms with E-state index in [1.54, 1.807) is 0 Å². The van der Waals surface area contributed by atoms with Crippen LogP contribution in [0.5, 0.6) is 0 Å². The third-order valence-corrected chi connectivity index (χ3v) is 4.11. The van der Waals surface area contributed by atoms with E-state index in [-0.39, 0.29) is 0 Å². The van der Waals surface area contributed by atoms with Crippen molar-refractivity contribution in [3.05, 3.63) is 0 Å². The van der Waals surface area contributed by atoms with Gasteiger partial charge < -0.3 is 5.32 Å². The predicted molar refractivity (Wildman–Crippen MR) is 60.4 cm³/mol. The van der Waals surface area contributed by atoms with E-state index in [0.717, 1.165) is 11.8 Å². The van der Waals surface area contributed by atoms with Crippen LogP contribution >= 0.6 is 0 Å². The molecule has 2 heteroatoms. The lowest BCUT2D eigenvalue weighted by molar-refractivity contribution is 0.132. The predicted octanol–water partition coefficient (Wildman–Crippen LogP) is 1.72. The van der Waals surface area contributed by atoms with E-state index in [0.29, 0.717) is 5.54 Å². The minimum absolute atomic E-state index is 0.430. The Morgan fingerprint density at radius 3 is 2.29 bits per heavy atom. The number of fused-ring (bicyclic) bond motifs is 1. The van der Waals surface area contributed by atoms with Crippen LogP contribution in [0.15, 0.2) is 0 Å². The fourth-order valence-electron chi connectivity index (χ4n) is 3.12. The molecule has 0 spiro atoms. The Morgan fingerprint density at radius 2 is 1.79 bits per heavy atom. The van der Waals surface area contributed by atoms with E-state index in [1.807, 2.05) is 0 Å². The summed E-state index contributed by atoms with van der Waals surface area (Å²) in [4.78, 5) is 2.71. The number of hydrogen-bond acceptors (Lipinski definition) is 2. The Morgan fingerprint density at radius 1 is 1.21 bits per heavy atom. The Labute approximate surface area is 88.1 Å². The first kappa shape index (κ1) is 10.4. The van der Waals surface area contributed by atoms with Crippen molar-refractivity contribution >= 4 is 0 Å². The highest BCUT2D eigenvalue weighted by atomic mass is 15.2. The molecule has 1 N–H and O–H groups in total. The van der Waals surface area contributed by atoms with Crippen LogP contribution in [0.2, 0.25) is 0 Å². The van der Waals surface area contributed by atoms with Crippen molar-refractivity contribution in [3.63, 3.8) is 0 Å². The molecule has 2 saturated heterocycles. The Kier molecular flexibility index (Phi) is 2.85. The highest BCUT2D eigenvalue weighted by Gasteiger charge is 2.40. The lowest BCUT2D eigenvalue weighted by Gasteiger charge is -2.36. The first-order valence-electron chi connectivity index (χ1n) is 6.09. The van der Waals surface area contributed by atoms with Crippen molar-refractivity contribution in [2.45, 2.75) is 39.2 Å². The highest BCUT2D eigenvalue weighted by molar-refractivity contribution is 4.96. The fraction of sp³-hybridized carbons (Fsp3) is 1.00. The van der Waals surface area contributed by atoms with E-state index in [2.05, 4.69) is 31.0 Å². The zero-order valence-electron chi connectivity index (χ0n) is 9.84. The minimum Gasteiger partial charge on any atom is -0.316 e.